The number of ether oxygens (including phenoxy) is 1. The summed E-state index contributed by atoms with van der Waals surface area (Å²) in [5, 5.41) is 14.4. The van der Waals surface area contributed by atoms with Crippen molar-refractivity contribution < 1.29 is 41.5 Å². The number of alkyl halides is 3. The minimum atomic E-state index is -5.19. The summed E-state index contributed by atoms with van der Waals surface area (Å²) in [5.74, 6) is -4.78. The molecule has 14 heteroatoms. The molecule has 1 saturated heterocycles. The second-order valence-corrected chi connectivity index (χ2v) is 11.7. The van der Waals surface area contributed by atoms with Crippen molar-refractivity contribution in [3.63, 3.8) is 0 Å². The van der Waals surface area contributed by atoms with Gasteiger partial charge in [-0.05, 0) is 36.8 Å². The molecule has 2 aliphatic carbocycles. The lowest BCUT2D eigenvalue weighted by atomic mass is 9.99. The van der Waals surface area contributed by atoms with Gasteiger partial charge in [0.05, 0.1) is 12.6 Å². The second-order valence-electron chi connectivity index (χ2n) is 11.7. The maximum absolute atomic E-state index is 14.4. The van der Waals surface area contributed by atoms with Gasteiger partial charge < -0.3 is 25.2 Å². The Morgan fingerprint density at radius 2 is 1.88 bits per heavy atom. The van der Waals surface area contributed by atoms with Crippen molar-refractivity contribution in [1.29, 1.82) is 5.26 Å². The minimum Gasteiger partial charge on any atom is -0.475 e. The fourth-order valence-corrected chi connectivity index (χ4v) is 5.68. The molecule has 4 atom stereocenters. The van der Waals surface area contributed by atoms with Crippen molar-refractivity contribution in [3.05, 3.63) is 29.6 Å². The Labute approximate surface area is 239 Å². The largest absolute Gasteiger partial charge is 0.475 e. The maximum atomic E-state index is 14.4. The van der Waals surface area contributed by atoms with Crippen molar-refractivity contribution >= 4 is 23.6 Å². The van der Waals surface area contributed by atoms with Gasteiger partial charge in [0.15, 0.2) is 0 Å². The first-order valence-corrected chi connectivity index (χ1v) is 13.9. The predicted molar refractivity (Wildman–Crippen MR) is 137 cm³/mol. The van der Waals surface area contributed by atoms with Gasteiger partial charge in [-0.2, -0.15) is 18.4 Å². The van der Waals surface area contributed by atoms with Gasteiger partial charge in [0.1, 0.15) is 29.7 Å². The van der Waals surface area contributed by atoms with Gasteiger partial charge in [-0.15, -0.1) is 0 Å². The molecule has 0 bridgehead atoms. The van der Waals surface area contributed by atoms with Gasteiger partial charge in [-0.25, -0.2) is 4.39 Å². The van der Waals surface area contributed by atoms with E-state index in [1.165, 1.54) is 25.2 Å². The highest BCUT2D eigenvalue weighted by Crippen LogP contribution is 2.40. The molecule has 226 valence electrons. The first-order chi connectivity index (χ1) is 19.8. The summed E-state index contributed by atoms with van der Waals surface area (Å²) >= 11 is 0. The first-order valence-electron chi connectivity index (χ1n) is 13.9. The zero-order valence-corrected chi connectivity index (χ0v) is 22.9. The number of rotatable bonds is 8. The molecule has 1 aromatic carbocycles. The van der Waals surface area contributed by atoms with Crippen molar-refractivity contribution in [2.45, 2.75) is 81.4 Å². The van der Waals surface area contributed by atoms with Crippen LogP contribution in [0, 0.1) is 29.0 Å². The van der Waals surface area contributed by atoms with E-state index in [0.29, 0.717) is 12.8 Å². The van der Waals surface area contributed by atoms with E-state index in [0.717, 1.165) is 22.6 Å². The van der Waals surface area contributed by atoms with Crippen LogP contribution < -0.4 is 15.4 Å². The zero-order chi connectivity index (χ0) is 30.4. The molecule has 0 radical (unpaired) electrons. The summed E-state index contributed by atoms with van der Waals surface area (Å²) in [6, 6.07) is 2.38. The lowest BCUT2D eigenvalue weighted by Gasteiger charge is -2.34. The van der Waals surface area contributed by atoms with Gasteiger partial charge >= 0.3 is 12.1 Å². The lowest BCUT2D eigenvalue weighted by molar-refractivity contribution is -0.175. The summed E-state index contributed by atoms with van der Waals surface area (Å²) in [5.41, 5.74) is -1.57. The van der Waals surface area contributed by atoms with E-state index in [-0.39, 0.29) is 55.5 Å². The van der Waals surface area contributed by atoms with Crippen molar-refractivity contribution in [1.82, 2.24) is 20.4 Å². The molecule has 0 aromatic heterocycles. The fourth-order valence-electron chi connectivity index (χ4n) is 5.68. The number of carbonyl (C=O) groups is 4. The molecule has 4 aliphatic rings. The molecule has 0 unspecified atom stereocenters. The van der Waals surface area contributed by atoms with Gasteiger partial charge in [-0.1, -0.05) is 31.7 Å². The molecular weight excluding hydrogens is 562 g/mol. The molecule has 1 spiro atoms. The Balaban J connectivity index is 1.40. The predicted octanol–water partition coefficient (Wildman–Crippen LogP) is 2.17. The number of nitrogens with one attached hydrogen (secondary N) is 2. The van der Waals surface area contributed by atoms with Crippen LogP contribution in [0.25, 0.3) is 0 Å². The van der Waals surface area contributed by atoms with Crippen LogP contribution >= 0.6 is 0 Å². The number of benzene rings is 1. The summed E-state index contributed by atoms with van der Waals surface area (Å²) in [4.78, 5) is 54.8. The number of carbonyl (C=O) groups excluding carboxylic acids is 4. The molecule has 10 nitrogen and oxygen atoms in total. The number of nitriles is 1. The quantitative estimate of drug-likeness (QED) is 0.445. The van der Waals surface area contributed by atoms with E-state index >= 15 is 0 Å². The molecule has 5 rings (SSSR count). The average molecular weight is 594 g/mol. The van der Waals surface area contributed by atoms with Crippen LogP contribution in [0.4, 0.5) is 17.6 Å². The topological polar surface area (TPSA) is 132 Å². The van der Waals surface area contributed by atoms with Crippen LogP contribution in [0.1, 0.15) is 50.5 Å². The molecule has 1 aromatic rings. The number of likely N-dealkylation sites (tertiary alicyclic amines) is 1. The number of hydrogen-bond donors (Lipinski definition) is 2. The Kier molecular flexibility index (Phi) is 7.80. The molecule has 2 heterocycles. The van der Waals surface area contributed by atoms with E-state index in [1.54, 1.807) is 5.32 Å². The number of amides is 4. The Hall–Kier alpha value is -3.89. The highest BCUT2D eigenvalue weighted by molar-refractivity contribution is 5.94. The van der Waals surface area contributed by atoms with Crippen LogP contribution in [0.3, 0.4) is 0 Å². The van der Waals surface area contributed by atoms with Crippen LogP contribution in [0.5, 0.6) is 5.75 Å². The van der Waals surface area contributed by atoms with Gasteiger partial charge in [-0.3, -0.25) is 19.2 Å². The number of hydrogen-bond acceptors (Lipinski definition) is 6. The zero-order valence-electron chi connectivity index (χ0n) is 22.9. The minimum absolute atomic E-state index is 0.00690. The number of likely N-dealkylation sites (N-methyl/N-ethyl adjacent to an activating group) is 1. The molecule has 2 saturated carbocycles. The van der Waals surface area contributed by atoms with E-state index < -0.39 is 59.3 Å². The van der Waals surface area contributed by atoms with Crippen LogP contribution in [0.2, 0.25) is 0 Å². The third-order valence-electron chi connectivity index (χ3n) is 8.46. The summed E-state index contributed by atoms with van der Waals surface area (Å²) in [6.45, 7) is -0.507. The average Bonchev–Trinajstić information content (AvgIpc) is 3.87. The van der Waals surface area contributed by atoms with Crippen LogP contribution in [-0.4, -0.2) is 76.9 Å². The molecule has 2 N–H and O–H groups in total. The second kappa shape index (κ2) is 11.1. The number of fused-ring (bicyclic) bond motifs is 1. The van der Waals surface area contributed by atoms with E-state index in [1.807, 2.05) is 6.07 Å². The van der Waals surface area contributed by atoms with Gasteiger partial charge in [0, 0.05) is 25.6 Å². The van der Waals surface area contributed by atoms with Crippen LogP contribution in [0.15, 0.2) is 18.2 Å². The first kappa shape index (κ1) is 29.6. The Morgan fingerprint density at radius 3 is 2.50 bits per heavy atom. The van der Waals surface area contributed by atoms with E-state index in [2.05, 4.69) is 5.32 Å². The monoisotopic (exact) mass is 593 g/mol. The Bertz CT molecular complexity index is 1320. The van der Waals surface area contributed by atoms with E-state index in [4.69, 9.17) is 4.74 Å². The highest BCUT2D eigenvalue weighted by Gasteiger charge is 2.56. The number of nitrogens with zero attached hydrogens (tertiary/aromatic N) is 3. The summed E-state index contributed by atoms with van der Waals surface area (Å²) in [6.07, 6.45) is -2.17. The van der Waals surface area contributed by atoms with Crippen molar-refractivity contribution in [2.75, 3.05) is 13.6 Å². The maximum Gasteiger partial charge on any atom is 0.471 e. The van der Waals surface area contributed by atoms with Crippen LogP contribution in [-0.2, 0) is 25.7 Å². The fraction of sp³-hybridized carbons (Fsp3) is 0.607. The lowest BCUT2D eigenvalue weighted by Crippen LogP contribution is -2.58. The number of halogens is 4. The molecule has 4 amide bonds. The molecule has 42 heavy (non-hydrogen) atoms. The standard InChI is InChI=1S/C28H31F4N5O5/c1-36(23(38)20(9-15-5-6-15)35-26(41)28(30,31)32)21(10-16-7-8-16)24(39)37-14-27(11-17(37)12-33)25(40)34-13-18-19(29)3-2-4-22(18)42-27/h2-4,15-17,20-21H,5-11,13-14H2,1H3,(H,34,40)(H,35,41)/t17-,20-,21-,27+/m0/s1. The van der Waals surface area contributed by atoms with Crippen molar-refractivity contribution in [3.8, 4) is 11.8 Å². The normalized spacial score (nSPS) is 24.9. The van der Waals surface area contributed by atoms with Crippen molar-refractivity contribution in [2.24, 2.45) is 11.8 Å². The third-order valence-corrected chi connectivity index (χ3v) is 8.46. The molecular formula is C28H31F4N5O5. The Morgan fingerprint density at radius 1 is 1.21 bits per heavy atom. The summed E-state index contributed by atoms with van der Waals surface area (Å²) in [7, 11) is 1.30. The summed E-state index contributed by atoms with van der Waals surface area (Å²) < 4.78 is 59.6. The third kappa shape index (κ3) is 6.00. The molecule has 3 fully saturated rings. The smallest absolute Gasteiger partial charge is 0.471 e. The highest BCUT2D eigenvalue weighted by atomic mass is 19.4. The SMILES string of the molecule is CN(C(=O)[C@H](CC1CC1)NC(=O)C(F)(F)F)[C@@H](CC1CC1)C(=O)N1C[C@@]2(C[C@H]1C#N)Oc1cccc(F)c1CNC2=O. The molecule has 2 aliphatic heterocycles. The van der Waals surface area contributed by atoms with E-state index in [9.17, 15) is 42.0 Å². The van der Waals surface area contributed by atoms with Gasteiger partial charge in [0.25, 0.3) is 5.91 Å². The van der Waals surface area contributed by atoms with Gasteiger partial charge in [0.2, 0.25) is 17.4 Å².